The van der Waals surface area contributed by atoms with Crippen molar-refractivity contribution in [1.82, 2.24) is 14.3 Å². The molecule has 0 aliphatic heterocycles. The first-order valence-corrected chi connectivity index (χ1v) is 6.76. The Labute approximate surface area is 121 Å². The van der Waals surface area contributed by atoms with Gasteiger partial charge >= 0.3 is 11.4 Å². The fourth-order valence-electron chi connectivity index (χ4n) is 2.08. The van der Waals surface area contributed by atoms with Crippen LogP contribution in [0.25, 0.3) is 5.69 Å². The number of hydrogen-bond acceptors (Lipinski definition) is 3. The molecule has 0 amide bonds. The summed E-state index contributed by atoms with van der Waals surface area (Å²) in [5.74, 6) is 2.40. The van der Waals surface area contributed by atoms with E-state index >= 15 is 0 Å². The molecule has 6 heteroatoms. The first-order valence-electron chi connectivity index (χ1n) is 6.76. The third-order valence-electron chi connectivity index (χ3n) is 3.27. The summed E-state index contributed by atoms with van der Waals surface area (Å²) in [7, 11) is 0. The number of benzene rings is 1. The quantitative estimate of drug-likeness (QED) is 0.636. The van der Waals surface area contributed by atoms with Crippen molar-refractivity contribution in [1.29, 1.82) is 0 Å². The number of H-pyrrole nitrogens is 1. The van der Waals surface area contributed by atoms with Gasteiger partial charge in [-0.25, -0.2) is 19.3 Å². The molecule has 0 atom stereocenters. The van der Waals surface area contributed by atoms with Gasteiger partial charge in [0, 0.05) is 13.0 Å². The largest absolute Gasteiger partial charge is 0.506 e. The molecule has 1 aromatic heterocycles. The molecule has 0 bridgehead atoms. The van der Waals surface area contributed by atoms with E-state index in [1.165, 1.54) is 6.07 Å². The van der Waals surface area contributed by atoms with Gasteiger partial charge in [0.15, 0.2) is 0 Å². The third-order valence-corrected chi connectivity index (χ3v) is 3.27. The van der Waals surface area contributed by atoms with E-state index in [4.69, 9.17) is 6.42 Å². The summed E-state index contributed by atoms with van der Waals surface area (Å²) < 4.78 is 2.14. The van der Waals surface area contributed by atoms with E-state index < -0.39 is 11.4 Å². The number of aromatic nitrogens is 3. The summed E-state index contributed by atoms with van der Waals surface area (Å²) in [5, 5.41) is 12.4. The molecule has 0 saturated carbocycles. The minimum atomic E-state index is -0.515. The van der Waals surface area contributed by atoms with Crippen molar-refractivity contribution >= 4 is 0 Å². The number of phenols is 1. The predicted octanol–water partition coefficient (Wildman–Crippen LogP) is 1.01. The molecule has 2 aromatic rings. The average Bonchev–Trinajstić information content (AvgIpc) is 2.76. The van der Waals surface area contributed by atoms with Crippen molar-refractivity contribution in [2.45, 2.75) is 32.7 Å². The number of nitrogens with zero attached hydrogens (tertiary/aromatic N) is 2. The highest BCUT2D eigenvalue weighted by molar-refractivity contribution is 5.47. The standard InChI is InChI=1S/C15H17N3O3/c1-3-5-6-9-17-14(20)16-18(15(17)21)12-10-11(4-2)7-8-13(12)19/h1,7-8,10,19H,4-6,9H2,2H3,(H,16,20). The van der Waals surface area contributed by atoms with Crippen LogP contribution < -0.4 is 11.4 Å². The minimum Gasteiger partial charge on any atom is -0.506 e. The Morgan fingerprint density at radius 2 is 2.14 bits per heavy atom. The molecule has 1 aromatic carbocycles. The van der Waals surface area contributed by atoms with Crippen molar-refractivity contribution in [3.63, 3.8) is 0 Å². The van der Waals surface area contributed by atoms with Crippen LogP contribution in [0, 0.1) is 12.3 Å². The highest BCUT2D eigenvalue weighted by atomic mass is 16.3. The number of terminal acetylenes is 1. The van der Waals surface area contributed by atoms with Crippen LogP contribution in [-0.4, -0.2) is 19.5 Å². The highest BCUT2D eigenvalue weighted by Gasteiger charge is 2.13. The number of rotatable bonds is 5. The zero-order valence-corrected chi connectivity index (χ0v) is 11.8. The molecular formula is C15H17N3O3. The Morgan fingerprint density at radius 1 is 1.38 bits per heavy atom. The van der Waals surface area contributed by atoms with Crippen LogP contribution in [0.2, 0.25) is 0 Å². The molecule has 0 radical (unpaired) electrons. The predicted molar refractivity (Wildman–Crippen MR) is 79.8 cm³/mol. The second-order valence-electron chi connectivity index (χ2n) is 4.67. The van der Waals surface area contributed by atoms with E-state index in [2.05, 4.69) is 11.0 Å². The first kappa shape index (κ1) is 14.7. The van der Waals surface area contributed by atoms with Gasteiger partial charge in [-0.2, -0.15) is 4.68 Å². The van der Waals surface area contributed by atoms with Gasteiger partial charge in [-0.3, -0.25) is 0 Å². The summed E-state index contributed by atoms with van der Waals surface area (Å²) in [6, 6.07) is 4.96. The van der Waals surface area contributed by atoms with Crippen molar-refractivity contribution < 1.29 is 5.11 Å². The lowest BCUT2D eigenvalue weighted by molar-refractivity contribution is 0.469. The lowest BCUT2D eigenvalue weighted by atomic mass is 10.1. The second-order valence-corrected chi connectivity index (χ2v) is 4.67. The molecule has 1 heterocycles. The van der Waals surface area contributed by atoms with Crippen LogP contribution in [0.1, 0.15) is 25.3 Å². The van der Waals surface area contributed by atoms with E-state index in [0.717, 1.165) is 21.2 Å². The molecule has 0 fully saturated rings. The number of hydrogen-bond donors (Lipinski definition) is 2. The zero-order chi connectivity index (χ0) is 15.4. The number of unbranched alkanes of at least 4 members (excludes halogenated alkanes) is 1. The fraction of sp³-hybridized carbons (Fsp3) is 0.333. The summed E-state index contributed by atoms with van der Waals surface area (Å²) in [6.45, 7) is 2.21. The molecule has 21 heavy (non-hydrogen) atoms. The molecule has 6 nitrogen and oxygen atoms in total. The molecule has 0 unspecified atom stereocenters. The molecular weight excluding hydrogens is 270 g/mol. The zero-order valence-electron chi connectivity index (χ0n) is 11.8. The summed E-state index contributed by atoms with van der Waals surface area (Å²) in [6.07, 6.45) is 6.95. The van der Waals surface area contributed by atoms with Gasteiger partial charge in [-0.05, 0) is 30.5 Å². The second kappa shape index (κ2) is 6.18. The third kappa shape index (κ3) is 2.92. The van der Waals surface area contributed by atoms with Gasteiger partial charge in [0.25, 0.3) is 0 Å². The normalized spacial score (nSPS) is 10.5. The summed E-state index contributed by atoms with van der Waals surface area (Å²) >= 11 is 0. The van der Waals surface area contributed by atoms with Crippen LogP contribution in [0.3, 0.4) is 0 Å². The molecule has 2 N–H and O–H groups in total. The molecule has 0 spiro atoms. The van der Waals surface area contributed by atoms with Crippen molar-refractivity contribution in [3.8, 4) is 23.8 Å². The smallest absolute Gasteiger partial charge is 0.351 e. The van der Waals surface area contributed by atoms with E-state index in [1.807, 2.05) is 6.92 Å². The summed E-state index contributed by atoms with van der Waals surface area (Å²) in [5.41, 5.74) is 0.196. The Morgan fingerprint density at radius 3 is 2.81 bits per heavy atom. The van der Waals surface area contributed by atoms with Crippen LogP contribution in [0.15, 0.2) is 27.8 Å². The maximum Gasteiger partial charge on any atom is 0.351 e. The van der Waals surface area contributed by atoms with Crippen LogP contribution in [0.5, 0.6) is 5.75 Å². The van der Waals surface area contributed by atoms with Gasteiger partial charge in [-0.1, -0.05) is 13.0 Å². The molecule has 0 aliphatic carbocycles. The Balaban J connectivity index is 2.47. The molecule has 0 aliphatic rings. The average molecular weight is 287 g/mol. The van der Waals surface area contributed by atoms with E-state index in [-0.39, 0.29) is 18.0 Å². The van der Waals surface area contributed by atoms with Crippen molar-refractivity contribution in [2.24, 2.45) is 0 Å². The lowest BCUT2D eigenvalue weighted by Gasteiger charge is -2.06. The van der Waals surface area contributed by atoms with Gasteiger partial charge < -0.3 is 5.11 Å². The van der Waals surface area contributed by atoms with Gasteiger partial charge in [-0.15, -0.1) is 12.3 Å². The van der Waals surface area contributed by atoms with E-state index in [1.54, 1.807) is 12.1 Å². The monoisotopic (exact) mass is 287 g/mol. The number of phenolic OH excluding ortho intramolecular Hbond substituents is 1. The molecule has 110 valence electrons. The van der Waals surface area contributed by atoms with Crippen molar-refractivity contribution in [2.75, 3.05) is 0 Å². The van der Waals surface area contributed by atoms with Gasteiger partial charge in [0.05, 0.1) is 0 Å². The SMILES string of the molecule is C#CCCCn1c(=O)[nH]n(-c2cc(CC)ccc2O)c1=O. The Kier molecular flexibility index (Phi) is 4.33. The van der Waals surface area contributed by atoms with Gasteiger partial charge in [0.1, 0.15) is 11.4 Å². The van der Waals surface area contributed by atoms with Crippen LogP contribution in [-0.2, 0) is 13.0 Å². The number of aromatic hydroxyl groups is 1. The molecule has 0 saturated heterocycles. The Hall–Kier alpha value is -2.68. The maximum atomic E-state index is 12.3. The minimum absolute atomic E-state index is 0.0636. The number of aryl methyl sites for hydroxylation is 1. The van der Waals surface area contributed by atoms with E-state index in [0.29, 0.717) is 12.8 Å². The lowest BCUT2D eigenvalue weighted by Crippen LogP contribution is -2.28. The van der Waals surface area contributed by atoms with Crippen molar-refractivity contribution in [3.05, 3.63) is 44.7 Å². The van der Waals surface area contributed by atoms with Gasteiger partial charge in [0.2, 0.25) is 0 Å². The molecule has 2 rings (SSSR count). The summed E-state index contributed by atoms with van der Waals surface area (Å²) in [4.78, 5) is 24.1. The first-order chi connectivity index (χ1) is 10.1. The highest BCUT2D eigenvalue weighted by Crippen LogP contribution is 2.20. The number of aromatic amines is 1. The fourth-order valence-corrected chi connectivity index (χ4v) is 2.08. The van der Waals surface area contributed by atoms with Crippen LogP contribution >= 0.6 is 0 Å². The Bertz CT molecular complexity index is 790. The maximum absolute atomic E-state index is 12.3. The van der Waals surface area contributed by atoms with Crippen LogP contribution in [0.4, 0.5) is 0 Å². The topological polar surface area (TPSA) is 80.0 Å². The van der Waals surface area contributed by atoms with E-state index in [9.17, 15) is 14.7 Å². The number of nitrogens with one attached hydrogen (secondary N) is 1.